The third-order valence-corrected chi connectivity index (χ3v) is 3.86. The van der Waals surface area contributed by atoms with E-state index in [0.29, 0.717) is 24.7 Å². The maximum Gasteiger partial charge on any atom is 0.252 e. The summed E-state index contributed by atoms with van der Waals surface area (Å²) in [6.07, 6.45) is 2.40. The van der Waals surface area contributed by atoms with Crippen LogP contribution in [0.1, 0.15) is 36.3 Å². The van der Waals surface area contributed by atoms with Crippen LogP contribution in [0.5, 0.6) is 0 Å². The topological polar surface area (TPSA) is 59.8 Å². The minimum absolute atomic E-state index is 0.0618. The van der Waals surface area contributed by atoms with E-state index in [-0.39, 0.29) is 10.1 Å². The van der Waals surface area contributed by atoms with E-state index in [1.54, 1.807) is 24.7 Å². The Balaban J connectivity index is 2.11. The molecular weight excluding hydrogens is 354 g/mol. The van der Waals surface area contributed by atoms with Crippen molar-refractivity contribution in [1.82, 2.24) is 20.3 Å². The molecule has 2 rings (SSSR count). The summed E-state index contributed by atoms with van der Waals surface area (Å²) in [6.45, 7) is 4.05. The van der Waals surface area contributed by atoms with E-state index in [0.717, 1.165) is 12.1 Å². The van der Waals surface area contributed by atoms with Gasteiger partial charge in [-0.15, -0.1) is 5.10 Å². The van der Waals surface area contributed by atoms with Crippen molar-refractivity contribution in [3.8, 4) is 0 Å². The smallest absolute Gasteiger partial charge is 0.252 e. The second kappa shape index (κ2) is 7.52. The second-order valence-electron chi connectivity index (χ2n) is 5.87. The number of rotatable bonds is 6. The molecule has 1 amide bonds. The molecule has 1 heterocycles. The first kappa shape index (κ1) is 18.7. The fourth-order valence-corrected chi connectivity index (χ4v) is 2.28. The number of thiol groups is 2. The van der Waals surface area contributed by atoms with Crippen LogP contribution in [0.3, 0.4) is 0 Å². The molecule has 0 aliphatic rings. The number of carbonyl (C=O) groups excluding carboxylic acids is 1. The first-order chi connectivity index (χ1) is 11.2. The number of benzene rings is 1. The number of amides is 1. The zero-order chi connectivity index (χ0) is 17.9. The van der Waals surface area contributed by atoms with Crippen molar-refractivity contribution >= 4 is 31.2 Å². The SMILES string of the molecule is CC(C)(NC(=O)c1cc(F)cc(F)c1)c1cn(CCC(S)S)nn1. The Hall–Kier alpha value is -1.61. The predicted molar refractivity (Wildman–Crippen MR) is 93.2 cm³/mol. The summed E-state index contributed by atoms with van der Waals surface area (Å²) in [4.78, 5) is 12.2. The number of carbonyl (C=O) groups is 1. The van der Waals surface area contributed by atoms with Crippen LogP contribution in [-0.4, -0.2) is 25.5 Å². The van der Waals surface area contributed by atoms with Crippen LogP contribution in [0.25, 0.3) is 0 Å². The molecule has 1 aromatic carbocycles. The summed E-state index contributed by atoms with van der Waals surface area (Å²) >= 11 is 8.36. The van der Waals surface area contributed by atoms with Crippen molar-refractivity contribution in [2.45, 2.75) is 36.9 Å². The first-order valence-electron chi connectivity index (χ1n) is 7.23. The second-order valence-corrected chi connectivity index (χ2v) is 7.53. The third kappa shape index (κ3) is 4.94. The summed E-state index contributed by atoms with van der Waals surface area (Å²) < 4.78 is 28.0. The molecule has 0 spiro atoms. The van der Waals surface area contributed by atoms with E-state index in [1.165, 1.54) is 0 Å². The van der Waals surface area contributed by atoms with E-state index in [9.17, 15) is 13.6 Å². The molecule has 1 N–H and O–H groups in total. The van der Waals surface area contributed by atoms with Crippen molar-refractivity contribution in [1.29, 1.82) is 0 Å². The number of aromatic nitrogens is 3. The molecule has 0 atom stereocenters. The lowest BCUT2D eigenvalue weighted by Crippen LogP contribution is -2.41. The highest BCUT2D eigenvalue weighted by Crippen LogP contribution is 2.19. The largest absolute Gasteiger partial charge is 0.341 e. The van der Waals surface area contributed by atoms with Crippen molar-refractivity contribution in [3.63, 3.8) is 0 Å². The lowest BCUT2D eigenvalue weighted by molar-refractivity contribution is 0.0909. The zero-order valence-electron chi connectivity index (χ0n) is 13.2. The number of nitrogens with zero attached hydrogens (tertiary/aromatic N) is 3. The lowest BCUT2D eigenvalue weighted by atomic mass is 10.0. The van der Waals surface area contributed by atoms with Gasteiger partial charge in [-0.2, -0.15) is 25.3 Å². The quantitative estimate of drug-likeness (QED) is 0.540. The van der Waals surface area contributed by atoms with E-state index in [4.69, 9.17) is 0 Å². The molecule has 1 aromatic heterocycles. The Bertz CT molecular complexity index is 714. The molecule has 0 saturated heterocycles. The highest BCUT2D eigenvalue weighted by atomic mass is 32.2. The molecule has 0 aliphatic heterocycles. The molecule has 0 saturated carbocycles. The normalized spacial score (nSPS) is 11.8. The molecule has 130 valence electrons. The number of aryl methyl sites for hydroxylation is 1. The third-order valence-electron chi connectivity index (χ3n) is 3.35. The monoisotopic (exact) mass is 372 g/mol. The van der Waals surface area contributed by atoms with E-state index in [2.05, 4.69) is 40.9 Å². The molecule has 9 heteroatoms. The van der Waals surface area contributed by atoms with Gasteiger partial charge in [-0.1, -0.05) is 5.21 Å². The summed E-state index contributed by atoms with van der Waals surface area (Å²) in [5.74, 6) is -2.22. The van der Waals surface area contributed by atoms with Gasteiger partial charge in [0.05, 0.1) is 11.7 Å². The van der Waals surface area contributed by atoms with Crippen LogP contribution in [0.15, 0.2) is 24.4 Å². The van der Waals surface area contributed by atoms with E-state index in [1.807, 2.05) is 0 Å². The van der Waals surface area contributed by atoms with Gasteiger partial charge < -0.3 is 5.32 Å². The fourth-order valence-electron chi connectivity index (χ4n) is 2.05. The lowest BCUT2D eigenvalue weighted by Gasteiger charge is -2.23. The van der Waals surface area contributed by atoms with Gasteiger partial charge in [0.15, 0.2) is 0 Å². The Kier molecular flexibility index (Phi) is 5.87. The highest BCUT2D eigenvalue weighted by molar-refractivity contribution is 7.99. The number of hydrogen-bond acceptors (Lipinski definition) is 5. The minimum atomic E-state index is -0.862. The molecule has 24 heavy (non-hydrogen) atoms. The minimum Gasteiger partial charge on any atom is -0.341 e. The molecule has 2 aromatic rings. The van der Waals surface area contributed by atoms with Crippen LogP contribution >= 0.6 is 25.3 Å². The van der Waals surface area contributed by atoms with E-state index < -0.39 is 23.1 Å². The van der Waals surface area contributed by atoms with Crippen molar-refractivity contribution in [2.75, 3.05) is 0 Å². The van der Waals surface area contributed by atoms with Gasteiger partial charge in [0.25, 0.3) is 5.91 Å². The predicted octanol–water partition coefficient (Wildman–Crippen LogP) is 2.80. The average Bonchev–Trinajstić information content (AvgIpc) is 2.93. The molecule has 0 fully saturated rings. The van der Waals surface area contributed by atoms with Crippen LogP contribution < -0.4 is 5.32 Å². The molecule has 0 radical (unpaired) electrons. The summed E-state index contributed by atoms with van der Waals surface area (Å²) in [5.41, 5.74) is -0.428. The van der Waals surface area contributed by atoms with Crippen molar-refractivity contribution < 1.29 is 13.6 Å². The summed E-state index contributed by atoms with van der Waals surface area (Å²) in [7, 11) is 0. The summed E-state index contributed by atoms with van der Waals surface area (Å²) in [5, 5.41) is 10.7. The Morgan fingerprint density at radius 1 is 1.29 bits per heavy atom. The molecular formula is C15H18F2N4OS2. The highest BCUT2D eigenvalue weighted by Gasteiger charge is 2.27. The van der Waals surface area contributed by atoms with Gasteiger partial charge in [0, 0.05) is 22.8 Å². The first-order valence-corrected chi connectivity index (χ1v) is 8.26. The number of nitrogens with one attached hydrogen (secondary N) is 1. The van der Waals surface area contributed by atoms with Crippen LogP contribution in [0, 0.1) is 11.6 Å². The van der Waals surface area contributed by atoms with Crippen LogP contribution in [-0.2, 0) is 12.1 Å². The van der Waals surface area contributed by atoms with Gasteiger partial charge in [-0.25, -0.2) is 8.78 Å². The van der Waals surface area contributed by atoms with Crippen molar-refractivity contribution in [2.24, 2.45) is 0 Å². The molecule has 0 bridgehead atoms. The Morgan fingerprint density at radius 3 is 2.50 bits per heavy atom. The Labute approximate surface area is 149 Å². The van der Waals surface area contributed by atoms with Gasteiger partial charge in [-0.3, -0.25) is 9.48 Å². The maximum atomic E-state index is 13.2. The average molecular weight is 372 g/mol. The van der Waals surface area contributed by atoms with Gasteiger partial charge >= 0.3 is 0 Å². The zero-order valence-corrected chi connectivity index (χ0v) is 15.0. The molecule has 5 nitrogen and oxygen atoms in total. The molecule has 0 unspecified atom stereocenters. The number of halogens is 2. The van der Waals surface area contributed by atoms with Gasteiger partial charge in [0.1, 0.15) is 17.3 Å². The van der Waals surface area contributed by atoms with Crippen LogP contribution in [0.2, 0.25) is 0 Å². The fraction of sp³-hybridized carbons (Fsp3) is 0.400. The Morgan fingerprint density at radius 2 is 1.92 bits per heavy atom. The molecule has 0 aliphatic carbocycles. The standard InChI is InChI=1S/C15H18F2N4OS2/c1-15(2,12-8-21(20-19-12)4-3-13(23)24)18-14(22)9-5-10(16)7-11(17)6-9/h5-8,13,23-24H,3-4H2,1-2H3,(H,18,22). The van der Waals surface area contributed by atoms with E-state index >= 15 is 0 Å². The van der Waals surface area contributed by atoms with Gasteiger partial charge in [0.2, 0.25) is 0 Å². The van der Waals surface area contributed by atoms with Crippen LogP contribution in [0.4, 0.5) is 8.78 Å². The number of hydrogen-bond donors (Lipinski definition) is 3. The maximum absolute atomic E-state index is 13.2. The van der Waals surface area contributed by atoms with Crippen molar-refractivity contribution in [3.05, 3.63) is 47.3 Å². The summed E-state index contributed by atoms with van der Waals surface area (Å²) in [6, 6.07) is 2.67. The van der Waals surface area contributed by atoms with Gasteiger partial charge in [-0.05, 0) is 32.4 Å².